The standard InChI is InChI=1S/C29H26F2N2O6S/c1-5-38-28-15-29(35)33(3)16-23(28)22-12-18(6-10-26(22)39-27-11-7-19(30)13-24(27)31)21-14-20(40(4,36)37)8-9-25(21)32-17(2)34/h6-16H,5H2,1-4H3,(H,32,34). The molecule has 1 aromatic heterocycles. The number of anilines is 1. The Bertz CT molecular complexity index is 1780. The SMILES string of the molecule is CCOc1cc(=O)n(C)cc1-c1cc(-c2cc(S(C)(=O)=O)ccc2NC(C)=O)ccc1Oc1ccc(F)cc1F. The normalized spacial score (nSPS) is 11.2. The molecular weight excluding hydrogens is 542 g/mol. The summed E-state index contributed by atoms with van der Waals surface area (Å²) in [6.45, 7) is 3.32. The fourth-order valence-electron chi connectivity index (χ4n) is 4.05. The molecule has 8 nitrogen and oxygen atoms in total. The third-order valence-corrected chi connectivity index (χ3v) is 7.02. The topological polar surface area (TPSA) is 104 Å². The summed E-state index contributed by atoms with van der Waals surface area (Å²) in [7, 11) is -2.04. The molecule has 1 amide bonds. The van der Waals surface area contributed by atoms with Gasteiger partial charge in [-0.25, -0.2) is 17.2 Å². The van der Waals surface area contributed by atoms with E-state index in [-0.39, 0.29) is 40.2 Å². The fourth-order valence-corrected chi connectivity index (χ4v) is 4.70. The molecule has 4 aromatic rings. The number of amides is 1. The van der Waals surface area contributed by atoms with Crippen LogP contribution in [0.25, 0.3) is 22.3 Å². The summed E-state index contributed by atoms with van der Waals surface area (Å²) >= 11 is 0. The maximum Gasteiger partial charge on any atom is 0.254 e. The summed E-state index contributed by atoms with van der Waals surface area (Å²) in [6, 6.07) is 13.3. The minimum atomic E-state index is -3.59. The first kappa shape index (κ1) is 28.5. The van der Waals surface area contributed by atoms with Crippen LogP contribution in [0.2, 0.25) is 0 Å². The van der Waals surface area contributed by atoms with Gasteiger partial charge in [-0.15, -0.1) is 0 Å². The Morgan fingerprint density at radius 1 is 0.925 bits per heavy atom. The molecule has 3 aromatic carbocycles. The summed E-state index contributed by atoms with van der Waals surface area (Å²) in [5.74, 6) is -1.91. The number of halogens is 2. The second-order valence-electron chi connectivity index (χ2n) is 8.98. The van der Waals surface area contributed by atoms with Gasteiger partial charge in [0.25, 0.3) is 5.56 Å². The number of aromatic nitrogens is 1. The number of hydrogen-bond donors (Lipinski definition) is 1. The molecule has 208 valence electrons. The van der Waals surface area contributed by atoms with Crippen LogP contribution in [-0.2, 0) is 21.7 Å². The van der Waals surface area contributed by atoms with Gasteiger partial charge in [-0.2, -0.15) is 0 Å². The van der Waals surface area contributed by atoms with E-state index in [9.17, 15) is 26.8 Å². The van der Waals surface area contributed by atoms with Gasteiger partial charge in [-0.3, -0.25) is 9.59 Å². The van der Waals surface area contributed by atoms with Gasteiger partial charge in [-0.1, -0.05) is 6.07 Å². The van der Waals surface area contributed by atoms with E-state index in [0.29, 0.717) is 34.0 Å². The van der Waals surface area contributed by atoms with Crippen molar-refractivity contribution in [3.05, 3.63) is 88.8 Å². The third kappa shape index (κ3) is 6.20. The van der Waals surface area contributed by atoms with Crippen molar-refractivity contribution in [2.45, 2.75) is 18.7 Å². The molecule has 0 aliphatic heterocycles. The maximum atomic E-state index is 14.5. The number of rotatable bonds is 8. The summed E-state index contributed by atoms with van der Waals surface area (Å²) in [6.07, 6.45) is 2.60. The zero-order chi connectivity index (χ0) is 29.2. The fraction of sp³-hybridized carbons (Fsp3) is 0.172. The van der Waals surface area contributed by atoms with Crippen LogP contribution < -0.4 is 20.3 Å². The van der Waals surface area contributed by atoms with Gasteiger partial charge in [0.2, 0.25) is 5.91 Å². The summed E-state index contributed by atoms with van der Waals surface area (Å²) in [5, 5.41) is 2.71. The second kappa shape index (κ2) is 11.3. The average Bonchev–Trinajstić information content (AvgIpc) is 2.87. The molecule has 0 radical (unpaired) electrons. The highest BCUT2D eigenvalue weighted by atomic mass is 32.2. The number of carbonyl (C=O) groups is 1. The molecule has 0 aliphatic carbocycles. The van der Waals surface area contributed by atoms with Crippen LogP contribution in [0.3, 0.4) is 0 Å². The van der Waals surface area contributed by atoms with E-state index in [1.54, 1.807) is 26.1 Å². The zero-order valence-corrected chi connectivity index (χ0v) is 22.9. The highest BCUT2D eigenvalue weighted by Crippen LogP contribution is 2.42. The van der Waals surface area contributed by atoms with E-state index in [1.165, 1.54) is 48.0 Å². The van der Waals surface area contributed by atoms with E-state index >= 15 is 0 Å². The predicted octanol–water partition coefficient (Wildman–Crippen LogP) is 5.55. The lowest BCUT2D eigenvalue weighted by molar-refractivity contribution is -0.114. The van der Waals surface area contributed by atoms with Crippen molar-refractivity contribution in [1.82, 2.24) is 4.57 Å². The molecule has 1 heterocycles. The van der Waals surface area contributed by atoms with E-state index < -0.39 is 21.5 Å². The minimum absolute atomic E-state index is 0.0315. The number of benzene rings is 3. The summed E-state index contributed by atoms with van der Waals surface area (Å²) in [4.78, 5) is 24.3. The molecular formula is C29H26F2N2O6S. The first-order valence-corrected chi connectivity index (χ1v) is 14.0. The predicted molar refractivity (Wildman–Crippen MR) is 148 cm³/mol. The van der Waals surface area contributed by atoms with E-state index in [0.717, 1.165) is 18.4 Å². The highest BCUT2D eigenvalue weighted by molar-refractivity contribution is 7.90. The van der Waals surface area contributed by atoms with Crippen molar-refractivity contribution in [2.75, 3.05) is 18.2 Å². The Morgan fingerprint density at radius 3 is 2.30 bits per heavy atom. The molecule has 0 aliphatic rings. The number of nitrogens with zero attached hydrogens (tertiary/aromatic N) is 1. The quantitative estimate of drug-likeness (QED) is 0.299. The number of pyridine rings is 1. The Balaban J connectivity index is 2.01. The van der Waals surface area contributed by atoms with Crippen molar-refractivity contribution in [3.63, 3.8) is 0 Å². The van der Waals surface area contributed by atoms with Crippen LogP contribution in [0.5, 0.6) is 17.2 Å². The maximum absolute atomic E-state index is 14.5. The van der Waals surface area contributed by atoms with Crippen molar-refractivity contribution < 1.29 is 31.5 Å². The van der Waals surface area contributed by atoms with Crippen LogP contribution in [-0.4, -0.2) is 31.8 Å². The molecule has 11 heteroatoms. The first-order chi connectivity index (χ1) is 18.9. The first-order valence-electron chi connectivity index (χ1n) is 12.1. The molecule has 1 N–H and O–H groups in total. The Hall–Kier alpha value is -4.51. The monoisotopic (exact) mass is 568 g/mol. The lowest BCUT2D eigenvalue weighted by Gasteiger charge is -2.18. The Labute approximate surface area is 229 Å². The molecule has 4 rings (SSSR count). The van der Waals surface area contributed by atoms with Crippen LogP contribution in [0.1, 0.15) is 13.8 Å². The molecule has 0 fully saturated rings. The average molecular weight is 569 g/mol. The summed E-state index contributed by atoms with van der Waals surface area (Å²) < 4.78 is 65.6. The van der Waals surface area contributed by atoms with Gasteiger partial charge >= 0.3 is 0 Å². The smallest absolute Gasteiger partial charge is 0.254 e. The van der Waals surface area contributed by atoms with Crippen molar-refractivity contribution in [1.29, 1.82) is 0 Å². The summed E-state index contributed by atoms with van der Waals surface area (Å²) in [5.41, 5.74) is 1.68. The molecule has 40 heavy (non-hydrogen) atoms. The van der Waals surface area contributed by atoms with Crippen LogP contribution >= 0.6 is 0 Å². The number of hydrogen-bond acceptors (Lipinski definition) is 6. The lowest BCUT2D eigenvalue weighted by Crippen LogP contribution is -2.16. The second-order valence-corrected chi connectivity index (χ2v) is 11.0. The Morgan fingerprint density at radius 2 is 1.65 bits per heavy atom. The van der Waals surface area contributed by atoms with Crippen molar-refractivity contribution in [3.8, 4) is 39.5 Å². The molecule has 0 saturated heterocycles. The molecule has 0 atom stereocenters. The van der Waals surface area contributed by atoms with Gasteiger partial charge in [0.05, 0.1) is 11.5 Å². The third-order valence-electron chi connectivity index (χ3n) is 5.91. The molecule has 0 saturated carbocycles. The van der Waals surface area contributed by atoms with Crippen LogP contribution in [0, 0.1) is 11.6 Å². The highest BCUT2D eigenvalue weighted by Gasteiger charge is 2.20. The number of sulfone groups is 1. The van der Waals surface area contributed by atoms with Crippen molar-refractivity contribution >= 4 is 21.4 Å². The number of ether oxygens (including phenoxy) is 2. The minimum Gasteiger partial charge on any atom is -0.493 e. The van der Waals surface area contributed by atoms with Crippen molar-refractivity contribution in [2.24, 2.45) is 7.05 Å². The van der Waals surface area contributed by atoms with Gasteiger partial charge in [0.1, 0.15) is 17.3 Å². The van der Waals surface area contributed by atoms with Crippen LogP contribution in [0.15, 0.2) is 76.6 Å². The number of nitrogens with one attached hydrogen (secondary N) is 1. The largest absolute Gasteiger partial charge is 0.493 e. The molecule has 0 bridgehead atoms. The molecule has 0 spiro atoms. The number of carbonyl (C=O) groups excluding carboxylic acids is 1. The molecule has 0 unspecified atom stereocenters. The lowest BCUT2D eigenvalue weighted by atomic mass is 9.97. The van der Waals surface area contributed by atoms with E-state index in [2.05, 4.69) is 5.32 Å². The van der Waals surface area contributed by atoms with Gasteiger partial charge in [0.15, 0.2) is 21.4 Å². The van der Waals surface area contributed by atoms with Gasteiger partial charge in [-0.05, 0) is 55.0 Å². The van der Waals surface area contributed by atoms with E-state index in [4.69, 9.17) is 9.47 Å². The van der Waals surface area contributed by atoms with Gasteiger partial charge in [0, 0.05) is 60.9 Å². The van der Waals surface area contributed by atoms with Crippen LogP contribution in [0.4, 0.5) is 14.5 Å². The zero-order valence-electron chi connectivity index (χ0n) is 22.1. The van der Waals surface area contributed by atoms with Gasteiger partial charge < -0.3 is 19.4 Å². The number of aryl methyl sites for hydroxylation is 1. The Kier molecular flexibility index (Phi) is 8.06. The van der Waals surface area contributed by atoms with E-state index in [1.807, 2.05) is 0 Å².